The molecule has 0 amide bonds. The average Bonchev–Trinajstić information content (AvgIpc) is 2.81. The van der Waals surface area contributed by atoms with Crippen LogP contribution in [0.25, 0.3) is 0 Å². The van der Waals surface area contributed by atoms with Gasteiger partial charge in [0, 0.05) is 18.3 Å². The van der Waals surface area contributed by atoms with Crippen molar-refractivity contribution in [3.63, 3.8) is 0 Å². The normalized spacial score (nSPS) is 11.3. The Kier molecular flexibility index (Phi) is 4.29. The molecule has 2 rings (SSSR count). The van der Waals surface area contributed by atoms with Crippen molar-refractivity contribution in [1.82, 2.24) is 5.16 Å². The van der Waals surface area contributed by atoms with Crippen LogP contribution in [0.4, 0.5) is 11.5 Å². The molecule has 0 bridgehead atoms. The van der Waals surface area contributed by atoms with Crippen LogP contribution < -0.4 is 10.0 Å². The fraction of sp³-hybridized carbons (Fsp3) is 0.308. The number of aromatic nitrogens is 1. The van der Waals surface area contributed by atoms with E-state index in [1.165, 1.54) is 6.07 Å². The molecule has 0 fully saturated rings. The van der Waals surface area contributed by atoms with Crippen molar-refractivity contribution in [3.05, 3.63) is 36.1 Å². The molecule has 1 heterocycles. The number of hydrogen-bond donors (Lipinski definition) is 2. The van der Waals surface area contributed by atoms with Crippen molar-refractivity contribution < 1.29 is 12.9 Å². The third kappa shape index (κ3) is 3.51. The molecule has 0 radical (unpaired) electrons. The summed E-state index contributed by atoms with van der Waals surface area (Å²) in [6, 6.07) is 8.09. The highest BCUT2D eigenvalue weighted by Crippen LogP contribution is 2.18. The lowest BCUT2D eigenvalue weighted by Crippen LogP contribution is -2.13. The minimum absolute atomic E-state index is 0.177. The molecule has 0 unspecified atom stereocenters. The maximum Gasteiger partial charge on any atom is 0.263 e. The van der Waals surface area contributed by atoms with Crippen LogP contribution in [0, 0.1) is 6.92 Å². The third-order valence-electron chi connectivity index (χ3n) is 2.61. The lowest BCUT2D eigenvalue weighted by Gasteiger charge is -2.07. The van der Waals surface area contributed by atoms with Gasteiger partial charge in [0.05, 0.1) is 4.90 Å². The molecule has 2 N–H and O–H groups in total. The Balaban J connectivity index is 2.13. The maximum absolute atomic E-state index is 12.1. The van der Waals surface area contributed by atoms with Gasteiger partial charge in [-0.25, -0.2) is 8.42 Å². The van der Waals surface area contributed by atoms with Crippen LogP contribution in [0.5, 0.6) is 0 Å². The molecule has 0 saturated carbocycles. The van der Waals surface area contributed by atoms with E-state index in [0.717, 1.165) is 18.7 Å². The Labute approximate surface area is 118 Å². The van der Waals surface area contributed by atoms with Crippen molar-refractivity contribution in [3.8, 4) is 0 Å². The summed E-state index contributed by atoms with van der Waals surface area (Å²) in [5, 5.41) is 6.79. The Hall–Kier alpha value is -2.02. The molecule has 0 aliphatic heterocycles. The Morgan fingerprint density at radius 1 is 1.25 bits per heavy atom. The van der Waals surface area contributed by atoms with E-state index in [9.17, 15) is 8.42 Å². The molecule has 0 atom stereocenters. The number of aryl methyl sites for hydroxylation is 1. The number of nitrogens with zero attached hydrogens (tertiary/aromatic N) is 1. The van der Waals surface area contributed by atoms with Crippen LogP contribution in [0.3, 0.4) is 0 Å². The summed E-state index contributed by atoms with van der Waals surface area (Å²) >= 11 is 0. The zero-order valence-corrected chi connectivity index (χ0v) is 12.2. The van der Waals surface area contributed by atoms with E-state index < -0.39 is 10.0 Å². The first-order valence-corrected chi connectivity index (χ1v) is 7.79. The van der Waals surface area contributed by atoms with Crippen molar-refractivity contribution >= 4 is 21.5 Å². The molecule has 7 heteroatoms. The Bertz CT molecular complexity index is 662. The predicted octanol–water partition coefficient (Wildman–Crippen LogP) is 2.61. The molecular formula is C13H17N3O3S. The standard InChI is InChI=1S/C13H17N3O3S/c1-3-8-14-11-4-6-12(7-5-11)20(17,18)16-13-9-10(2)19-15-13/h4-7,9,14H,3,8H2,1-2H3,(H,15,16). The summed E-state index contributed by atoms with van der Waals surface area (Å²) in [5.74, 6) is 0.720. The van der Waals surface area contributed by atoms with E-state index in [-0.39, 0.29) is 10.7 Å². The van der Waals surface area contributed by atoms with Crippen LogP contribution in [0.2, 0.25) is 0 Å². The summed E-state index contributed by atoms with van der Waals surface area (Å²) < 4.78 is 31.4. The van der Waals surface area contributed by atoms with Gasteiger partial charge in [-0.3, -0.25) is 4.72 Å². The zero-order chi connectivity index (χ0) is 14.6. The zero-order valence-electron chi connectivity index (χ0n) is 11.4. The van der Waals surface area contributed by atoms with Crippen molar-refractivity contribution in [2.24, 2.45) is 0 Å². The Morgan fingerprint density at radius 2 is 1.95 bits per heavy atom. The quantitative estimate of drug-likeness (QED) is 0.855. The molecule has 108 valence electrons. The van der Waals surface area contributed by atoms with Gasteiger partial charge in [0.15, 0.2) is 5.82 Å². The van der Waals surface area contributed by atoms with Crippen LogP contribution >= 0.6 is 0 Å². The molecule has 6 nitrogen and oxygen atoms in total. The Morgan fingerprint density at radius 3 is 2.50 bits per heavy atom. The van der Waals surface area contributed by atoms with Gasteiger partial charge < -0.3 is 9.84 Å². The van der Waals surface area contributed by atoms with E-state index in [2.05, 4.69) is 22.1 Å². The average molecular weight is 295 g/mol. The molecule has 20 heavy (non-hydrogen) atoms. The van der Waals surface area contributed by atoms with Gasteiger partial charge >= 0.3 is 0 Å². The van der Waals surface area contributed by atoms with E-state index >= 15 is 0 Å². The molecule has 0 saturated heterocycles. The lowest BCUT2D eigenvalue weighted by molar-refractivity contribution is 0.400. The number of rotatable bonds is 6. The first-order chi connectivity index (χ1) is 9.51. The van der Waals surface area contributed by atoms with Gasteiger partial charge in [-0.05, 0) is 37.6 Å². The second-order valence-electron chi connectivity index (χ2n) is 4.38. The van der Waals surface area contributed by atoms with Gasteiger partial charge in [-0.2, -0.15) is 0 Å². The second kappa shape index (κ2) is 5.96. The van der Waals surface area contributed by atoms with Gasteiger partial charge in [0.1, 0.15) is 5.76 Å². The summed E-state index contributed by atoms with van der Waals surface area (Å²) in [6.07, 6.45) is 1.01. The number of anilines is 2. The van der Waals surface area contributed by atoms with Crippen LogP contribution in [-0.4, -0.2) is 20.1 Å². The highest BCUT2D eigenvalue weighted by atomic mass is 32.2. The predicted molar refractivity (Wildman–Crippen MR) is 77.3 cm³/mol. The molecule has 1 aromatic carbocycles. The van der Waals surface area contributed by atoms with Crippen LogP contribution in [0.15, 0.2) is 39.8 Å². The smallest absolute Gasteiger partial charge is 0.263 e. The summed E-state index contributed by atoms with van der Waals surface area (Å²) in [4.78, 5) is 0.181. The van der Waals surface area contributed by atoms with E-state index in [4.69, 9.17) is 4.52 Å². The first-order valence-electron chi connectivity index (χ1n) is 6.31. The van der Waals surface area contributed by atoms with Gasteiger partial charge in [0.25, 0.3) is 10.0 Å². The molecule has 0 spiro atoms. The van der Waals surface area contributed by atoms with Crippen LogP contribution in [-0.2, 0) is 10.0 Å². The number of hydrogen-bond acceptors (Lipinski definition) is 5. The summed E-state index contributed by atoms with van der Waals surface area (Å²) in [5.41, 5.74) is 0.892. The molecule has 2 aromatic rings. The highest BCUT2D eigenvalue weighted by Gasteiger charge is 2.15. The van der Waals surface area contributed by atoms with Crippen LogP contribution in [0.1, 0.15) is 19.1 Å². The third-order valence-corrected chi connectivity index (χ3v) is 3.98. The first kappa shape index (κ1) is 14.4. The molecular weight excluding hydrogens is 278 g/mol. The molecule has 0 aliphatic rings. The summed E-state index contributed by atoms with van der Waals surface area (Å²) in [6.45, 7) is 4.61. The highest BCUT2D eigenvalue weighted by molar-refractivity contribution is 7.92. The SMILES string of the molecule is CCCNc1ccc(S(=O)(=O)Nc2cc(C)on2)cc1. The fourth-order valence-corrected chi connectivity index (χ4v) is 2.62. The minimum atomic E-state index is -3.64. The van der Waals surface area contributed by atoms with E-state index in [1.54, 1.807) is 31.2 Å². The van der Waals surface area contributed by atoms with E-state index in [0.29, 0.717) is 5.76 Å². The monoisotopic (exact) mass is 295 g/mol. The lowest BCUT2D eigenvalue weighted by atomic mass is 10.3. The fourth-order valence-electron chi connectivity index (χ4n) is 1.63. The number of benzene rings is 1. The maximum atomic E-state index is 12.1. The van der Waals surface area contributed by atoms with Crippen molar-refractivity contribution in [1.29, 1.82) is 0 Å². The largest absolute Gasteiger partial charge is 0.385 e. The molecule has 1 aromatic heterocycles. The topological polar surface area (TPSA) is 84.2 Å². The number of sulfonamides is 1. The number of nitrogens with one attached hydrogen (secondary N) is 2. The van der Waals surface area contributed by atoms with Gasteiger partial charge in [-0.1, -0.05) is 12.1 Å². The van der Waals surface area contributed by atoms with E-state index in [1.807, 2.05) is 0 Å². The van der Waals surface area contributed by atoms with Crippen molar-refractivity contribution in [2.75, 3.05) is 16.6 Å². The molecule has 0 aliphatic carbocycles. The van der Waals surface area contributed by atoms with Gasteiger partial charge in [0.2, 0.25) is 0 Å². The van der Waals surface area contributed by atoms with Gasteiger partial charge in [-0.15, -0.1) is 0 Å². The van der Waals surface area contributed by atoms with Crippen molar-refractivity contribution in [2.45, 2.75) is 25.2 Å². The minimum Gasteiger partial charge on any atom is -0.385 e. The summed E-state index contributed by atoms with van der Waals surface area (Å²) in [7, 11) is -3.64. The second-order valence-corrected chi connectivity index (χ2v) is 6.06.